The first-order valence-electron chi connectivity index (χ1n) is 5.46. The molecular formula is C10H15F3N2O3. The molecule has 0 radical (unpaired) electrons. The Balaban J connectivity index is 2.68. The van der Waals surface area contributed by atoms with Gasteiger partial charge in [0.15, 0.2) is 0 Å². The second-order valence-corrected chi connectivity index (χ2v) is 4.20. The molecule has 1 aliphatic rings. The summed E-state index contributed by atoms with van der Waals surface area (Å²) in [5, 5.41) is 4.75. The monoisotopic (exact) mass is 268 g/mol. The lowest BCUT2D eigenvalue weighted by Crippen LogP contribution is -2.51. The molecule has 0 aromatic rings. The summed E-state index contributed by atoms with van der Waals surface area (Å²) in [6.45, 7) is 0.633. The Morgan fingerprint density at radius 2 is 1.89 bits per heavy atom. The molecule has 1 amide bonds. The number of methoxy groups -OCH3 is 1. The van der Waals surface area contributed by atoms with Gasteiger partial charge in [0.05, 0.1) is 12.5 Å². The molecule has 1 fully saturated rings. The SMILES string of the molecule is COC(=O)C1(CNC(=O)C(F)(F)F)CCNCC1. The molecule has 18 heavy (non-hydrogen) atoms. The standard InChI is InChI=1S/C10H15F3N2O3/c1-18-8(17)9(2-4-14-5-3-9)6-15-7(16)10(11,12)13/h14H,2-6H2,1H3,(H,15,16). The average molecular weight is 268 g/mol. The lowest BCUT2D eigenvalue weighted by molar-refractivity contribution is -0.175. The van der Waals surface area contributed by atoms with Crippen molar-refractivity contribution >= 4 is 11.9 Å². The van der Waals surface area contributed by atoms with Gasteiger partial charge in [-0.1, -0.05) is 0 Å². The highest BCUT2D eigenvalue weighted by molar-refractivity contribution is 5.83. The Bertz CT molecular complexity index is 325. The van der Waals surface area contributed by atoms with Gasteiger partial charge in [0.2, 0.25) is 0 Å². The molecular weight excluding hydrogens is 253 g/mol. The number of ether oxygens (including phenoxy) is 1. The van der Waals surface area contributed by atoms with E-state index in [4.69, 9.17) is 0 Å². The molecule has 2 N–H and O–H groups in total. The van der Waals surface area contributed by atoms with Crippen molar-refractivity contribution in [3.8, 4) is 0 Å². The summed E-state index contributed by atoms with van der Waals surface area (Å²) in [7, 11) is 1.18. The number of amides is 1. The van der Waals surface area contributed by atoms with E-state index in [0.717, 1.165) is 0 Å². The summed E-state index contributed by atoms with van der Waals surface area (Å²) >= 11 is 0. The fourth-order valence-corrected chi connectivity index (χ4v) is 1.92. The van der Waals surface area contributed by atoms with Crippen LogP contribution in [0.15, 0.2) is 0 Å². The predicted octanol–water partition coefficient (Wildman–Crippen LogP) is 0.208. The summed E-state index contributed by atoms with van der Waals surface area (Å²) in [6, 6.07) is 0. The third kappa shape index (κ3) is 3.34. The first-order chi connectivity index (χ1) is 8.32. The number of rotatable bonds is 3. The van der Waals surface area contributed by atoms with Gasteiger partial charge < -0.3 is 15.4 Å². The molecule has 1 aliphatic heterocycles. The Hall–Kier alpha value is -1.31. The molecule has 0 aromatic carbocycles. The normalized spacial score (nSPS) is 19.1. The average Bonchev–Trinajstić information content (AvgIpc) is 2.34. The molecule has 8 heteroatoms. The molecule has 1 heterocycles. The fourth-order valence-electron chi connectivity index (χ4n) is 1.92. The lowest BCUT2D eigenvalue weighted by Gasteiger charge is -2.34. The van der Waals surface area contributed by atoms with Crippen LogP contribution in [0.1, 0.15) is 12.8 Å². The van der Waals surface area contributed by atoms with Crippen molar-refractivity contribution in [3.63, 3.8) is 0 Å². The van der Waals surface area contributed by atoms with Crippen LogP contribution >= 0.6 is 0 Å². The predicted molar refractivity (Wildman–Crippen MR) is 55.6 cm³/mol. The maximum absolute atomic E-state index is 12.1. The van der Waals surface area contributed by atoms with Crippen LogP contribution in [-0.2, 0) is 14.3 Å². The number of alkyl halides is 3. The van der Waals surface area contributed by atoms with E-state index in [2.05, 4.69) is 10.1 Å². The zero-order valence-electron chi connectivity index (χ0n) is 9.89. The number of halogens is 3. The smallest absolute Gasteiger partial charge is 0.469 e. The summed E-state index contributed by atoms with van der Waals surface area (Å²) in [5.74, 6) is -2.63. The molecule has 0 aromatic heterocycles. The molecule has 0 atom stereocenters. The number of piperidine rings is 1. The van der Waals surface area contributed by atoms with Gasteiger partial charge in [-0.15, -0.1) is 0 Å². The van der Waals surface area contributed by atoms with E-state index in [1.54, 1.807) is 5.32 Å². The van der Waals surface area contributed by atoms with Crippen LogP contribution in [0.2, 0.25) is 0 Å². The van der Waals surface area contributed by atoms with Crippen LogP contribution in [0.5, 0.6) is 0 Å². The summed E-state index contributed by atoms with van der Waals surface area (Å²) in [5.41, 5.74) is -1.07. The van der Waals surface area contributed by atoms with E-state index in [0.29, 0.717) is 25.9 Å². The molecule has 0 saturated carbocycles. The Morgan fingerprint density at radius 3 is 2.33 bits per heavy atom. The van der Waals surface area contributed by atoms with E-state index in [1.165, 1.54) is 7.11 Å². The maximum atomic E-state index is 12.1. The van der Waals surface area contributed by atoms with Crippen LogP contribution in [0, 0.1) is 5.41 Å². The van der Waals surface area contributed by atoms with Crippen molar-refractivity contribution in [3.05, 3.63) is 0 Å². The van der Waals surface area contributed by atoms with Crippen molar-refractivity contribution in [1.82, 2.24) is 10.6 Å². The highest BCUT2D eigenvalue weighted by atomic mass is 19.4. The first kappa shape index (κ1) is 14.7. The van der Waals surface area contributed by atoms with Crippen molar-refractivity contribution in [2.45, 2.75) is 19.0 Å². The topological polar surface area (TPSA) is 67.4 Å². The molecule has 104 valence electrons. The van der Waals surface area contributed by atoms with E-state index in [9.17, 15) is 22.8 Å². The zero-order valence-corrected chi connectivity index (χ0v) is 9.89. The van der Waals surface area contributed by atoms with Crippen molar-refractivity contribution in [2.75, 3.05) is 26.7 Å². The van der Waals surface area contributed by atoms with Gasteiger partial charge in [0.25, 0.3) is 0 Å². The van der Waals surface area contributed by atoms with Gasteiger partial charge >= 0.3 is 18.1 Å². The van der Waals surface area contributed by atoms with E-state index in [1.807, 2.05) is 0 Å². The van der Waals surface area contributed by atoms with Gasteiger partial charge in [-0.25, -0.2) is 0 Å². The van der Waals surface area contributed by atoms with Gasteiger partial charge in [-0.3, -0.25) is 9.59 Å². The minimum absolute atomic E-state index is 0.331. The molecule has 5 nitrogen and oxygen atoms in total. The van der Waals surface area contributed by atoms with Gasteiger partial charge in [0.1, 0.15) is 0 Å². The van der Waals surface area contributed by atoms with Crippen LogP contribution in [0.3, 0.4) is 0 Å². The first-order valence-corrected chi connectivity index (χ1v) is 5.46. The van der Waals surface area contributed by atoms with Crippen LogP contribution < -0.4 is 10.6 Å². The minimum atomic E-state index is -4.94. The molecule has 0 bridgehead atoms. The lowest BCUT2D eigenvalue weighted by atomic mass is 9.79. The molecule has 1 rings (SSSR count). The summed E-state index contributed by atoms with van der Waals surface area (Å²) < 4.78 is 40.8. The van der Waals surface area contributed by atoms with Crippen LogP contribution in [0.4, 0.5) is 13.2 Å². The number of nitrogens with one attached hydrogen (secondary N) is 2. The fraction of sp³-hybridized carbons (Fsp3) is 0.800. The number of esters is 1. The second-order valence-electron chi connectivity index (χ2n) is 4.20. The van der Waals surface area contributed by atoms with Crippen molar-refractivity contribution < 1.29 is 27.5 Å². The van der Waals surface area contributed by atoms with Gasteiger partial charge in [0, 0.05) is 6.54 Å². The van der Waals surface area contributed by atoms with Crippen molar-refractivity contribution in [2.24, 2.45) is 5.41 Å². The van der Waals surface area contributed by atoms with Gasteiger partial charge in [-0.05, 0) is 25.9 Å². The Kier molecular flexibility index (Phi) is 4.55. The molecule has 0 aliphatic carbocycles. The molecule has 0 unspecified atom stereocenters. The van der Waals surface area contributed by atoms with E-state index < -0.39 is 23.5 Å². The van der Waals surface area contributed by atoms with Crippen LogP contribution in [-0.4, -0.2) is 44.8 Å². The minimum Gasteiger partial charge on any atom is -0.469 e. The highest BCUT2D eigenvalue weighted by Crippen LogP contribution is 2.30. The quantitative estimate of drug-likeness (QED) is 0.718. The maximum Gasteiger partial charge on any atom is 0.471 e. The highest BCUT2D eigenvalue weighted by Gasteiger charge is 2.44. The Morgan fingerprint density at radius 1 is 1.33 bits per heavy atom. The van der Waals surface area contributed by atoms with Crippen molar-refractivity contribution in [1.29, 1.82) is 0 Å². The summed E-state index contributed by atoms with van der Waals surface area (Å²) in [4.78, 5) is 22.4. The number of carbonyl (C=O) groups is 2. The number of hydrogen-bond acceptors (Lipinski definition) is 4. The van der Waals surface area contributed by atoms with Gasteiger partial charge in [-0.2, -0.15) is 13.2 Å². The van der Waals surface area contributed by atoms with E-state index in [-0.39, 0.29) is 6.54 Å². The van der Waals surface area contributed by atoms with E-state index >= 15 is 0 Å². The summed E-state index contributed by atoms with van der Waals surface area (Å²) in [6.07, 6.45) is -4.28. The number of hydrogen-bond donors (Lipinski definition) is 2. The second kappa shape index (κ2) is 5.55. The Labute approximate surface area is 102 Å². The molecule has 1 saturated heterocycles. The van der Waals surface area contributed by atoms with Crippen LogP contribution in [0.25, 0.3) is 0 Å². The molecule has 0 spiro atoms. The largest absolute Gasteiger partial charge is 0.471 e. The third-order valence-electron chi connectivity index (χ3n) is 3.02. The third-order valence-corrected chi connectivity index (χ3v) is 3.02. The number of carbonyl (C=O) groups excluding carboxylic acids is 2. The zero-order chi connectivity index (χ0) is 13.8.